The van der Waals surface area contributed by atoms with Crippen LogP contribution in [0, 0.1) is 0 Å². The minimum absolute atomic E-state index is 0.0651. The molecule has 0 aromatic carbocycles. The SMILES string of the molecule is CC(=O)N[C@@H](CCCCNC(=O)OCCCl)C(C)=O. The molecule has 0 heterocycles. The van der Waals surface area contributed by atoms with Gasteiger partial charge < -0.3 is 15.4 Å². The second kappa shape index (κ2) is 10.6. The third-order valence-corrected chi connectivity index (χ3v) is 2.52. The zero-order valence-corrected chi connectivity index (χ0v) is 12.1. The molecule has 0 aromatic rings. The average Bonchev–Trinajstić information content (AvgIpc) is 2.33. The summed E-state index contributed by atoms with van der Waals surface area (Å²) in [5.41, 5.74) is 0. The van der Waals surface area contributed by atoms with Crippen LogP contribution in [-0.2, 0) is 14.3 Å². The number of hydrogen-bond donors (Lipinski definition) is 2. The molecule has 0 fully saturated rings. The maximum Gasteiger partial charge on any atom is 0.407 e. The maximum atomic E-state index is 11.3. The van der Waals surface area contributed by atoms with Crippen LogP contribution in [0.5, 0.6) is 0 Å². The molecular formula is C12H21ClN2O4. The summed E-state index contributed by atoms with van der Waals surface area (Å²) in [6, 6.07) is -0.444. The second-order valence-electron chi connectivity index (χ2n) is 4.11. The number of nitrogens with one attached hydrogen (secondary N) is 2. The number of rotatable bonds is 9. The van der Waals surface area contributed by atoms with E-state index >= 15 is 0 Å². The summed E-state index contributed by atoms with van der Waals surface area (Å²) in [4.78, 5) is 33.2. The number of ether oxygens (including phenoxy) is 1. The maximum absolute atomic E-state index is 11.3. The number of unbranched alkanes of at least 4 members (excludes halogenated alkanes) is 1. The number of alkyl carbamates (subject to hydrolysis) is 1. The van der Waals surface area contributed by atoms with Crippen molar-refractivity contribution in [1.82, 2.24) is 10.6 Å². The molecule has 0 radical (unpaired) electrons. The van der Waals surface area contributed by atoms with E-state index < -0.39 is 12.1 Å². The zero-order valence-electron chi connectivity index (χ0n) is 11.3. The van der Waals surface area contributed by atoms with Crippen molar-refractivity contribution < 1.29 is 19.1 Å². The van der Waals surface area contributed by atoms with Gasteiger partial charge in [0, 0.05) is 13.5 Å². The fraction of sp³-hybridized carbons (Fsp3) is 0.750. The van der Waals surface area contributed by atoms with Gasteiger partial charge in [0.25, 0.3) is 0 Å². The van der Waals surface area contributed by atoms with E-state index in [0.29, 0.717) is 19.4 Å². The fourth-order valence-corrected chi connectivity index (χ4v) is 1.55. The van der Waals surface area contributed by atoms with Crippen LogP contribution in [0.25, 0.3) is 0 Å². The van der Waals surface area contributed by atoms with Gasteiger partial charge in [0.05, 0.1) is 11.9 Å². The first kappa shape index (κ1) is 17.7. The predicted octanol–water partition coefficient (Wildman–Crippen LogP) is 1.22. The normalized spacial score (nSPS) is 11.5. The lowest BCUT2D eigenvalue weighted by atomic mass is 10.1. The van der Waals surface area contributed by atoms with E-state index in [4.69, 9.17) is 16.3 Å². The number of hydrogen-bond acceptors (Lipinski definition) is 4. The largest absolute Gasteiger partial charge is 0.448 e. The molecule has 0 spiro atoms. The minimum Gasteiger partial charge on any atom is -0.448 e. The third-order valence-electron chi connectivity index (χ3n) is 2.37. The number of amides is 2. The summed E-state index contributed by atoms with van der Waals surface area (Å²) in [5.74, 6) is -0.0163. The Morgan fingerprint density at radius 3 is 2.42 bits per heavy atom. The molecule has 0 bridgehead atoms. The Morgan fingerprint density at radius 2 is 1.89 bits per heavy atom. The van der Waals surface area contributed by atoms with E-state index in [1.54, 1.807) is 0 Å². The van der Waals surface area contributed by atoms with Gasteiger partial charge in [-0.2, -0.15) is 0 Å². The Bertz CT molecular complexity index is 310. The van der Waals surface area contributed by atoms with Gasteiger partial charge in [-0.1, -0.05) is 0 Å². The molecular weight excluding hydrogens is 272 g/mol. The van der Waals surface area contributed by atoms with Crippen LogP contribution in [0.3, 0.4) is 0 Å². The Hall–Kier alpha value is -1.30. The molecule has 19 heavy (non-hydrogen) atoms. The number of halogens is 1. The van der Waals surface area contributed by atoms with E-state index in [2.05, 4.69) is 10.6 Å². The highest BCUT2D eigenvalue weighted by molar-refractivity contribution is 6.18. The van der Waals surface area contributed by atoms with Crippen LogP contribution in [0.4, 0.5) is 4.79 Å². The average molecular weight is 293 g/mol. The van der Waals surface area contributed by atoms with Gasteiger partial charge in [0.2, 0.25) is 5.91 Å². The first-order valence-corrected chi connectivity index (χ1v) is 6.75. The summed E-state index contributed by atoms with van der Waals surface area (Å²) < 4.78 is 4.72. The monoisotopic (exact) mass is 292 g/mol. The highest BCUT2D eigenvalue weighted by Gasteiger charge is 2.14. The first-order chi connectivity index (χ1) is 8.97. The molecule has 0 aromatic heterocycles. The summed E-state index contributed by atoms with van der Waals surface area (Å²) in [5, 5.41) is 5.16. The van der Waals surface area contributed by atoms with Gasteiger partial charge >= 0.3 is 6.09 Å². The van der Waals surface area contributed by atoms with E-state index in [9.17, 15) is 14.4 Å². The lowest BCUT2D eigenvalue weighted by Crippen LogP contribution is -2.38. The Kier molecular flexibility index (Phi) is 9.88. The topological polar surface area (TPSA) is 84.5 Å². The predicted molar refractivity (Wildman–Crippen MR) is 72.2 cm³/mol. The van der Waals surface area contributed by atoms with Crippen molar-refractivity contribution in [3.8, 4) is 0 Å². The molecule has 7 heteroatoms. The number of ketones is 1. The summed E-state index contributed by atoms with van der Waals surface area (Å²) in [7, 11) is 0. The quantitative estimate of drug-likeness (QED) is 0.494. The molecule has 0 saturated heterocycles. The smallest absolute Gasteiger partial charge is 0.407 e. The Labute approximate surface area is 118 Å². The molecule has 0 aliphatic rings. The van der Waals surface area contributed by atoms with Gasteiger partial charge in [0.1, 0.15) is 6.61 Å². The van der Waals surface area contributed by atoms with Crippen LogP contribution in [-0.4, -0.2) is 42.9 Å². The minimum atomic E-state index is -0.495. The van der Waals surface area contributed by atoms with Crippen molar-refractivity contribution in [2.24, 2.45) is 0 Å². The lowest BCUT2D eigenvalue weighted by Gasteiger charge is -2.14. The van der Waals surface area contributed by atoms with Gasteiger partial charge in [-0.3, -0.25) is 9.59 Å². The highest BCUT2D eigenvalue weighted by atomic mass is 35.5. The van der Waals surface area contributed by atoms with E-state index in [0.717, 1.165) is 6.42 Å². The zero-order chi connectivity index (χ0) is 14.7. The molecule has 1 atom stereocenters. The molecule has 0 unspecified atom stereocenters. The van der Waals surface area contributed by atoms with Crippen molar-refractivity contribution in [2.75, 3.05) is 19.0 Å². The number of Topliss-reactive ketones (excluding diaryl/α,β-unsaturated/α-hetero) is 1. The van der Waals surface area contributed by atoms with E-state index in [1.807, 2.05) is 0 Å². The molecule has 2 amide bonds. The standard InChI is InChI=1S/C12H21ClN2O4/c1-9(16)11(15-10(2)17)5-3-4-7-14-12(18)19-8-6-13/h11H,3-8H2,1-2H3,(H,14,18)(H,15,17)/t11-/m0/s1. The summed E-state index contributed by atoms with van der Waals surface area (Å²) in [6.45, 7) is 3.47. The number of carbonyl (C=O) groups is 3. The molecule has 0 aliphatic heterocycles. The summed E-state index contributed by atoms with van der Waals surface area (Å²) >= 11 is 5.36. The fourth-order valence-electron chi connectivity index (χ4n) is 1.47. The molecule has 6 nitrogen and oxygen atoms in total. The van der Waals surface area contributed by atoms with Crippen LogP contribution < -0.4 is 10.6 Å². The molecule has 0 saturated carbocycles. The van der Waals surface area contributed by atoms with Crippen LogP contribution in [0.15, 0.2) is 0 Å². The molecule has 110 valence electrons. The number of alkyl halides is 1. The van der Waals surface area contributed by atoms with Crippen molar-refractivity contribution in [1.29, 1.82) is 0 Å². The van der Waals surface area contributed by atoms with Crippen molar-refractivity contribution in [3.63, 3.8) is 0 Å². The van der Waals surface area contributed by atoms with E-state index in [-0.39, 0.29) is 24.2 Å². The molecule has 0 rings (SSSR count). The van der Waals surface area contributed by atoms with Gasteiger partial charge in [-0.15, -0.1) is 11.6 Å². The van der Waals surface area contributed by atoms with Gasteiger partial charge in [0.15, 0.2) is 5.78 Å². The first-order valence-electron chi connectivity index (χ1n) is 6.21. The van der Waals surface area contributed by atoms with Crippen molar-refractivity contribution >= 4 is 29.4 Å². The van der Waals surface area contributed by atoms with Crippen molar-refractivity contribution in [3.05, 3.63) is 0 Å². The summed E-state index contributed by atoms with van der Waals surface area (Å²) in [6.07, 6.45) is 1.50. The van der Waals surface area contributed by atoms with Crippen LogP contribution >= 0.6 is 11.6 Å². The second-order valence-corrected chi connectivity index (χ2v) is 4.49. The van der Waals surface area contributed by atoms with Crippen LogP contribution in [0.1, 0.15) is 33.1 Å². The Morgan fingerprint density at radius 1 is 1.21 bits per heavy atom. The highest BCUT2D eigenvalue weighted by Crippen LogP contribution is 2.02. The third kappa shape index (κ3) is 10.3. The van der Waals surface area contributed by atoms with Crippen molar-refractivity contribution in [2.45, 2.75) is 39.2 Å². The van der Waals surface area contributed by atoms with Crippen LogP contribution in [0.2, 0.25) is 0 Å². The molecule has 0 aliphatic carbocycles. The van der Waals surface area contributed by atoms with E-state index in [1.165, 1.54) is 13.8 Å². The van der Waals surface area contributed by atoms with Gasteiger partial charge in [-0.25, -0.2) is 4.79 Å². The number of carbonyl (C=O) groups excluding carboxylic acids is 3. The lowest BCUT2D eigenvalue weighted by molar-refractivity contribution is -0.125. The molecule has 2 N–H and O–H groups in total. The Balaban J connectivity index is 3.68. The van der Waals surface area contributed by atoms with Gasteiger partial charge in [-0.05, 0) is 26.2 Å².